The summed E-state index contributed by atoms with van der Waals surface area (Å²) in [6.45, 7) is 9.98. The Hall–Kier alpha value is -2.12. The molecule has 44 heavy (non-hydrogen) atoms. The van der Waals surface area contributed by atoms with Crippen molar-refractivity contribution < 1.29 is 38.1 Å². The Kier molecular flexibility index (Phi) is 37.1. The Labute approximate surface area is 270 Å². The summed E-state index contributed by atoms with van der Waals surface area (Å²) in [5, 5.41) is 0. The molecule has 0 unspecified atom stereocenters. The predicted molar refractivity (Wildman–Crippen MR) is 177 cm³/mol. The highest BCUT2D eigenvalue weighted by Gasteiger charge is 2.06. The Morgan fingerprint density at radius 2 is 0.568 bits per heavy atom. The molecule has 0 aliphatic rings. The van der Waals surface area contributed by atoms with E-state index in [9.17, 15) is 19.2 Å². The van der Waals surface area contributed by atoms with E-state index in [0.29, 0.717) is 65.0 Å². The Bertz CT molecular complexity index is 609. The number of rotatable bonds is 30. The molecule has 0 saturated carbocycles. The number of unbranched alkanes of at least 4 members (excludes halogenated alkanes) is 16. The average molecular weight is 629 g/mol. The molecule has 0 N–H and O–H groups in total. The van der Waals surface area contributed by atoms with Gasteiger partial charge < -0.3 is 18.9 Å². The monoisotopic (exact) mass is 628 g/mol. The van der Waals surface area contributed by atoms with Crippen LogP contribution in [-0.2, 0) is 38.1 Å². The molecule has 8 nitrogen and oxygen atoms in total. The van der Waals surface area contributed by atoms with Crippen molar-refractivity contribution in [1.29, 1.82) is 0 Å². The summed E-state index contributed by atoms with van der Waals surface area (Å²) >= 11 is 0. The van der Waals surface area contributed by atoms with Crippen molar-refractivity contribution >= 4 is 23.9 Å². The first kappa shape index (κ1) is 44.0. The lowest BCUT2D eigenvalue weighted by Crippen LogP contribution is -2.06. The fraction of sp³-hybridized carbons (Fsp3) is 0.889. The molecule has 0 atom stereocenters. The van der Waals surface area contributed by atoms with E-state index in [4.69, 9.17) is 18.9 Å². The summed E-state index contributed by atoms with van der Waals surface area (Å²) < 4.78 is 20.1. The smallest absolute Gasteiger partial charge is 0.305 e. The van der Waals surface area contributed by atoms with Crippen LogP contribution in [-0.4, -0.2) is 50.3 Å². The molecule has 0 rings (SSSR count). The zero-order valence-electron chi connectivity index (χ0n) is 29.1. The van der Waals surface area contributed by atoms with Gasteiger partial charge in [0.1, 0.15) is 0 Å². The van der Waals surface area contributed by atoms with Gasteiger partial charge in [-0.05, 0) is 52.4 Å². The summed E-state index contributed by atoms with van der Waals surface area (Å²) in [6.07, 6.45) is 24.0. The van der Waals surface area contributed by atoms with Gasteiger partial charge in [-0.15, -0.1) is 0 Å². The first-order valence-electron chi connectivity index (χ1n) is 18.0. The Morgan fingerprint density at radius 3 is 0.886 bits per heavy atom. The van der Waals surface area contributed by atoms with Crippen molar-refractivity contribution in [2.45, 2.75) is 182 Å². The van der Waals surface area contributed by atoms with Crippen LogP contribution in [0.4, 0.5) is 0 Å². The first-order valence-corrected chi connectivity index (χ1v) is 18.0. The Balaban J connectivity index is 0. The van der Waals surface area contributed by atoms with E-state index >= 15 is 0 Å². The average Bonchev–Trinajstić information content (AvgIpc) is 3.00. The molecular formula is C36H68O8. The van der Waals surface area contributed by atoms with Gasteiger partial charge >= 0.3 is 23.9 Å². The van der Waals surface area contributed by atoms with Crippen molar-refractivity contribution in [3.8, 4) is 0 Å². The zero-order chi connectivity index (χ0) is 32.9. The molecule has 0 aliphatic carbocycles. The fourth-order valence-corrected chi connectivity index (χ4v) is 4.53. The molecular weight excluding hydrogens is 560 g/mol. The van der Waals surface area contributed by atoms with Crippen LogP contribution in [0.3, 0.4) is 0 Å². The molecule has 0 radical (unpaired) electrons. The summed E-state index contributed by atoms with van der Waals surface area (Å²) in [5.41, 5.74) is 0. The molecule has 260 valence electrons. The van der Waals surface area contributed by atoms with E-state index in [1.807, 2.05) is 0 Å². The van der Waals surface area contributed by atoms with Crippen LogP contribution in [0.5, 0.6) is 0 Å². The molecule has 0 heterocycles. The quantitative estimate of drug-likeness (QED) is 0.0440. The van der Waals surface area contributed by atoms with Crippen molar-refractivity contribution in [3.63, 3.8) is 0 Å². The number of carbonyl (C=O) groups excluding carboxylic acids is 4. The standard InChI is InChI=1S/C26H50O4.C10H18O4/c1-3-5-7-9-15-19-23-29-25(27)21-17-13-11-12-14-18-22-26(28)30-24-20-16-10-8-6-4-2;1-3-13-9(11)7-5-6-8-10(12)14-4-2/h3-24H2,1-2H3;3-8H2,1-2H3. The maximum atomic E-state index is 11.7. The van der Waals surface area contributed by atoms with E-state index in [2.05, 4.69) is 13.8 Å². The second-order valence-corrected chi connectivity index (χ2v) is 11.4. The van der Waals surface area contributed by atoms with Crippen molar-refractivity contribution in [1.82, 2.24) is 0 Å². The third-order valence-corrected chi connectivity index (χ3v) is 7.16. The number of hydrogen-bond donors (Lipinski definition) is 0. The topological polar surface area (TPSA) is 105 Å². The predicted octanol–water partition coefficient (Wildman–Crippen LogP) is 9.59. The van der Waals surface area contributed by atoms with Gasteiger partial charge in [-0.25, -0.2) is 0 Å². The van der Waals surface area contributed by atoms with Crippen molar-refractivity contribution in [3.05, 3.63) is 0 Å². The van der Waals surface area contributed by atoms with Crippen LogP contribution in [0.2, 0.25) is 0 Å². The van der Waals surface area contributed by atoms with Gasteiger partial charge in [-0.2, -0.15) is 0 Å². The van der Waals surface area contributed by atoms with Gasteiger partial charge in [-0.3, -0.25) is 19.2 Å². The van der Waals surface area contributed by atoms with E-state index < -0.39 is 0 Å². The number of hydrogen-bond acceptors (Lipinski definition) is 8. The highest BCUT2D eigenvalue weighted by atomic mass is 16.5. The minimum Gasteiger partial charge on any atom is -0.466 e. The van der Waals surface area contributed by atoms with Gasteiger partial charge in [0.05, 0.1) is 26.4 Å². The normalized spacial score (nSPS) is 10.5. The third-order valence-electron chi connectivity index (χ3n) is 7.16. The second kappa shape index (κ2) is 37.1. The van der Waals surface area contributed by atoms with Crippen LogP contribution in [0.1, 0.15) is 182 Å². The van der Waals surface area contributed by atoms with Gasteiger partial charge in [0.15, 0.2) is 0 Å². The van der Waals surface area contributed by atoms with Crippen molar-refractivity contribution in [2.75, 3.05) is 26.4 Å². The van der Waals surface area contributed by atoms with Crippen molar-refractivity contribution in [2.24, 2.45) is 0 Å². The van der Waals surface area contributed by atoms with E-state index in [1.54, 1.807) is 13.8 Å². The van der Waals surface area contributed by atoms with E-state index in [1.165, 1.54) is 64.2 Å². The molecule has 8 heteroatoms. The van der Waals surface area contributed by atoms with Crippen LogP contribution in [0.15, 0.2) is 0 Å². The molecule has 0 amide bonds. The van der Waals surface area contributed by atoms with E-state index in [-0.39, 0.29) is 23.9 Å². The lowest BCUT2D eigenvalue weighted by atomic mass is 10.1. The molecule has 0 bridgehead atoms. The van der Waals surface area contributed by atoms with Crippen LogP contribution < -0.4 is 0 Å². The highest BCUT2D eigenvalue weighted by molar-refractivity contribution is 5.70. The number of esters is 4. The molecule has 0 aromatic carbocycles. The minimum absolute atomic E-state index is 0.0448. The van der Waals surface area contributed by atoms with Gasteiger partial charge in [0.2, 0.25) is 0 Å². The second-order valence-electron chi connectivity index (χ2n) is 11.4. The van der Waals surface area contributed by atoms with Crippen LogP contribution >= 0.6 is 0 Å². The SMILES string of the molecule is CCCCCCCCOC(=O)CCCCCCCCC(=O)OCCCCCCCC.CCOC(=O)CCCCC(=O)OCC. The van der Waals surface area contributed by atoms with Gasteiger partial charge in [0, 0.05) is 25.7 Å². The Morgan fingerprint density at radius 1 is 0.318 bits per heavy atom. The van der Waals surface area contributed by atoms with Crippen LogP contribution in [0.25, 0.3) is 0 Å². The van der Waals surface area contributed by atoms with Gasteiger partial charge in [-0.1, -0.05) is 104 Å². The van der Waals surface area contributed by atoms with Crippen LogP contribution in [0, 0.1) is 0 Å². The summed E-state index contributed by atoms with van der Waals surface area (Å²) in [4.78, 5) is 45.1. The molecule has 0 aliphatic heterocycles. The maximum absolute atomic E-state index is 11.7. The third kappa shape index (κ3) is 37.9. The number of ether oxygens (including phenoxy) is 4. The first-order chi connectivity index (χ1) is 21.4. The molecule has 0 saturated heterocycles. The molecule has 0 fully saturated rings. The minimum atomic E-state index is -0.198. The summed E-state index contributed by atoms with van der Waals surface area (Å²) in [5.74, 6) is -0.485. The van der Waals surface area contributed by atoms with Gasteiger partial charge in [0.25, 0.3) is 0 Å². The summed E-state index contributed by atoms with van der Waals surface area (Å²) in [6, 6.07) is 0. The van der Waals surface area contributed by atoms with E-state index in [0.717, 1.165) is 51.4 Å². The lowest BCUT2D eigenvalue weighted by Gasteiger charge is -2.06. The zero-order valence-corrected chi connectivity index (χ0v) is 29.1. The number of carbonyl (C=O) groups is 4. The largest absolute Gasteiger partial charge is 0.466 e. The summed E-state index contributed by atoms with van der Waals surface area (Å²) in [7, 11) is 0. The molecule has 0 aromatic heterocycles. The molecule has 0 spiro atoms. The highest BCUT2D eigenvalue weighted by Crippen LogP contribution is 2.11. The lowest BCUT2D eigenvalue weighted by molar-refractivity contribution is -0.145. The molecule has 0 aromatic rings. The maximum Gasteiger partial charge on any atom is 0.305 e. The fourth-order valence-electron chi connectivity index (χ4n) is 4.53.